The Labute approximate surface area is 140 Å². The minimum absolute atomic E-state index is 0. The number of carbonyl (C=O) groups is 1. The highest BCUT2D eigenvalue weighted by Crippen LogP contribution is 2.17. The molecule has 4 nitrogen and oxygen atoms in total. The van der Waals surface area contributed by atoms with E-state index in [0.717, 1.165) is 29.6 Å². The summed E-state index contributed by atoms with van der Waals surface area (Å²) in [7, 11) is 0. The molecule has 1 aliphatic rings. The van der Waals surface area contributed by atoms with E-state index in [4.69, 9.17) is 4.74 Å². The van der Waals surface area contributed by atoms with Crippen LogP contribution in [-0.4, -0.2) is 31.6 Å². The second-order valence-electron chi connectivity index (χ2n) is 5.17. The van der Waals surface area contributed by atoms with Gasteiger partial charge in [-0.3, -0.25) is 4.79 Å². The third-order valence-electron chi connectivity index (χ3n) is 3.48. The predicted molar refractivity (Wildman–Crippen MR) is 90.1 cm³/mol. The molecule has 1 aliphatic heterocycles. The van der Waals surface area contributed by atoms with Gasteiger partial charge < -0.3 is 15.4 Å². The first-order valence-corrected chi connectivity index (χ1v) is 7.84. The molecular formula is C15H22BrClN2O2. The minimum Gasteiger partial charge on any atom is -0.492 e. The average molecular weight is 378 g/mol. The molecule has 0 unspecified atom stereocenters. The molecule has 0 saturated carbocycles. The van der Waals surface area contributed by atoms with E-state index in [0.29, 0.717) is 19.2 Å². The smallest absolute Gasteiger partial charge is 0.223 e. The molecule has 1 amide bonds. The van der Waals surface area contributed by atoms with Crippen LogP contribution in [0.1, 0.15) is 19.8 Å². The van der Waals surface area contributed by atoms with Crippen molar-refractivity contribution in [3.63, 3.8) is 0 Å². The number of amides is 1. The standard InChI is InChI=1S/C15H21BrN2O2.ClH/c1-11-10-12(6-7-17-11)15(19)18-8-9-20-14-4-2-13(16)3-5-14;/h2-5,11-12,17H,6-10H2,1H3,(H,18,19);1H/t11-,12-;/m0./s1. The van der Waals surface area contributed by atoms with Crippen molar-refractivity contribution < 1.29 is 9.53 Å². The third kappa shape index (κ3) is 6.24. The number of carbonyl (C=O) groups excluding carboxylic acids is 1. The van der Waals surface area contributed by atoms with Crippen LogP contribution in [0, 0.1) is 5.92 Å². The van der Waals surface area contributed by atoms with Gasteiger partial charge in [0.25, 0.3) is 0 Å². The summed E-state index contributed by atoms with van der Waals surface area (Å²) >= 11 is 3.38. The molecule has 0 radical (unpaired) electrons. The van der Waals surface area contributed by atoms with E-state index in [1.807, 2.05) is 24.3 Å². The van der Waals surface area contributed by atoms with Crippen LogP contribution in [-0.2, 0) is 4.79 Å². The third-order valence-corrected chi connectivity index (χ3v) is 4.01. The summed E-state index contributed by atoms with van der Waals surface area (Å²) in [6.45, 7) is 4.09. The van der Waals surface area contributed by atoms with Gasteiger partial charge in [0.2, 0.25) is 5.91 Å². The molecular weight excluding hydrogens is 356 g/mol. The molecule has 1 fully saturated rings. The van der Waals surface area contributed by atoms with E-state index in [9.17, 15) is 4.79 Å². The highest BCUT2D eigenvalue weighted by molar-refractivity contribution is 9.10. The molecule has 2 atom stereocenters. The highest BCUT2D eigenvalue weighted by atomic mass is 79.9. The van der Waals surface area contributed by atoms with Crippen molar-refractivity contribution in [2.24, 2.45) is 5.92 Å². The van der Waals surface area contributed by atoms with Gasteiger partial charge in [-0.05, 0) is 50.6 Å². The lowest BCUT2D eigenvalue weighted by molar-refractivity contribution is -0.126. The van der Waals surface area contributed by atoms with Gasteiger partial charge in [-0.1, -0.05) is 15.9 Å². The normalized spacial score (nSPS) is 21.2. The minimum atomic E-state index is 0. The van der Waals surface area contributed by atoms with Crippen LogP contribution in [0.2, 0.25) is 0 Å². The second-order valence-corrected chi connectivity index (χ2v) is 6.09. The van der Waals surface area contributed by atoms with Crippen LogP contribution < -0.4 is 15.4 Å². The lowest BCUT2D eigenvalue weighted by atomic mass is 9.92. The van der Waals surface area contributed by atoms with Gasteiger partial charge in [0.05, 0.1) is 6.54 Å². The molecule has 0 spiro atoms. The van der Waals surface area contributed by atoms with Gasteiger partial charge in [0, 0.05) is 16.4 Å². The van der Waals surface area contributed by atoms with Crippen molar-refractivity contribution in [1.82, 2.24) is 10.6 Å². The zero-order valence-corrected chi connectivity index (χ0v) is 14.5. The molecule has 2 N–H and O–H groups in total. The Balaban J connectivity index is 0.00000220. The van der Waals surface area contributed by atoms with Crippen LogP contribution in [0.15, 0.2) is 28.7 Å². The fraction of sp³-hybridized carbons (Fsp3) is 0.533. The summed E-state index contributed by atoms with van der Waals surface area (Å²) in [6.07, 6.45) is 1.84. The Kier molecular flexibility index (Phi) is 8.07. The molecule has 2 rings (SSSR count). The van der Waals surface area contributed by atoms with Crippen LogP contribution in [0.3, 0.4) is 0 Å². The Morgan fingerprint density at radius 3 is 2.81 bits per heavy atom. The topological polar surface area (TPSA) is 50.4 Å². The first-order chi connectivity index (χ1) is 9.65. The number of halogens is 2. The largest absolute Gasteiger partial charge is 0.492 e. The lowest BCUT2D eigenvalue weighted by Crippen LogP contribution is -2.43. The summed E-state index contributed by atoms with van der Waals surface area (Å²) in [6, 6.07) is 8.11. The van der Waals surface area contributed by atoms with Gasteiger partial charge >= 0.3 is 0 Å². The van der Waals surface area contributed by atoms with E-state index in [1.54, 1.807) is 0 Å². The molecule has 1 saturated heterocycles. The summed E-state index contributed by atoms with van der Waals surface area (Å²) in [5.74, 6) is 1.11. The summed E-state index contributed by atoms with van der Waals surface area (Å²) in [4.78, 5) is 12.0. The fourth-order valence-corrected chi connectivity index (χ4v) is 2.65. The number of ether oxygens (including phenoxy) is 1. The number of piperidine rings is 1. The van der Waals surface area contributed by atoms with Crippen molar-refractivity contribution in [3.05, 3.63) is 28.7 Å². The maximum Gasteiger partial charge on any atom is 0.223 e. The van der Waals surface area contributed by atoms with Crippen molar-refractivity contribution in [2.75, 3.05) is 19.7 Å². The van der Waals surface area contributed by atoms with Crippen molar-refractivity contribution >= 4 is 34.2 Å². The summed E-state index contributed by atoms with van der Waals surface area (Å²) in [5.41, 5.74) is 0. The van der Waals surface area contributed by atoms with Gasteiger partial charge in [-0.2, -0.15) is 0 Å². The summed E-state index contributed by atoms with van der Waals surface area (Å²) < 4.78 is 6.60. The van der Waals surface area contributed by atoms with Crippen molar-refractivity contribution in [3.8, 4) is 5.75 Å². The second kappa shape index (κ2) is 9.28. The van der Waals surface area contributed by atoms with Crippen molar-refractivity contribution in [2.45, 2.75) is 25.8 Å². The van der Waals surface area contributed by atoms with Gasteiger partial charge in [-0.25, -0.2) is 0 Å². The van der Waals surface area contributed by atoms with E-state index >= 15 is 0 Å². The van der Waals surface area contributed by atoms with Gasteiger partial charge in [-0.15, -0.1) is 12.4 Å². The Morgan fingerprint density at radius 1 is 1.43 bits per heavy atom. The molecule has 1 aromatic carbocycles. The maximum absolute atomic E-state index is 12.0. The number of nitrogens with one attached hydrogen (secondary N) is 2. The molecule has 0 bridgehead atoms. The first kappa shape index (κ1) is 18.3. The lowest BCUT2D eigenvalue weighted by Gasteiger charge is -2.27. The molecule has 0 aliphatic carbocycles. The zero-order valence-electron chi connectivity index (χ0n) is 12.1. The van der Waals surface area contributed by atoms with Gasteiger partial charge in [0.15, 0.2) is 0 Å². The fourth-order valence-electron chi connectivity index (χ4n) is 2.39. The Bertz CT molecular complexity index is 442. The number of hydrogen-bond acceptors (Lipinski definition) is 3. The van der Waals surface area contributed by atoms with E-state index in [2.05, 4.69) is 33.5 Å². The van der Waals surface area contributed by atoms with Gasteiger partial charge in [0.1, 0.15) is 12.4 Å². The molecule has 6 heteroatoms. The predicted octanol–water partition coefficient (Wildman–Crippen LogP) is 2.75. The Hall–Kier alpha value is -0.780. The van der Waals surface area contributed by atoms with E-state index < -0.39 is 0 Å². The number of benzene rings is 1. The average Bonchev–Trinajstić information content (AvgIpc) is 2.45. The SMILES string of the molecule is C[C@H]1C[C@@H](C(=O)NCCOc2ccc(Br)cc2)CCN1.Cl. The van der Waals surface area contributed by atoms with Crippen LogP contribution in [0.4, 0.5) is 0 Å². The van der Waals surface area contributed by atoms with Crippen LogP contribution >= 0.6 is 28.3 Å². The van der Waals surface area contributed by atoms with Crippen LogP contribution in [0.5, 0.6) is 5.75 Å². The Morgan fingerprint density at radius 2 is 2.14 bits per heavy atom. The zero-order chi connectivity index (χ0) is 14.4. The van der Waals surface area contributed by atoms with Crippen LogP contribution in [0.25, 0.3) is 0 Å². The number of rotatable bonds is 5. The molecule has 118 valence electrons. The first-order valence-electron chi connectivity index (χ1n) is 7.04. The number of hydrogen-bond donors (Lipinski definition) is 2. The van der Waals surface area contributed by atoms with Crippen molar-refractivity contribution in [1.29, 1.82) is 0 Å². The van der Waals surface area contributed by atoms with E-state index in [-0.39, 0.29) is 24.2 Å². The quantitative estimate of drug-likeness (QED) is 0.776. The summed E-state index contributed by atoms with van der Waals surface area (Å²) in [5, 5.41) is 6.31. The van der Waals surface area contributed by atoms with E-state index in [1.165, 1.54) is 0 Å². The maximum atomic E-state index is 12.0. The highest BCUT2D eigenvalue weighted by Gasteiger charge is 2.24. The molecule has 21 heavy (non-hydrogen) atoms. The monoisotopic (exact) mass is 376 g/mol. The molecule has 1 heterocycles. The molecule has 0 aromatic heterocycles. The molecule has 1 aromatic rings.